The maximum absolute atomic E-state index is 12.0. The summed E-state index contributed by atoms with van der Waals surface area (Å²) in [5.74, 6) is -0.203. The molecule has 0 aliphatic carbocycles. The number of carbonyl (C=O) groups excluding carboxylic acids is 1. The maximum Gasteiger partial charge on any atom is 0.321 e. The van der Waals surface area contributed by atoms with Crippen molar-refractivity contribution in [3.63, 3.8) is 0 Å². The standard InChI is InChI=1S/C15H12BrNO2/c1-15(10-6-3-2-4-7-10)13(19-14(15)18)11-8-5-9-12(16)17-11/h2-9,13H,1H3/t13-,15-/m0/s1. The van der Waals surface area contributed by atoms with Crippen molar-refractivity contribution >= 4 is 21.9 Å². The highest BCUT2D eigenvalue weighted by molar-refractivity contribution is 9.10. The number of ether oxygens (including phenoxy) is 1. The van der Waals surface area contributed by atoms with Crippen molar-refractivity contribution in [3.05, 3.63) is 64.4 Å². The molecule has 0 spiro atoms. The van der Waals surface area contributed by atoms with Gasteiger partial charge in [0.25, 0.3) is 0 Å². The van der Waals surface area contributed by atoms with Crippen LogP contribution in [0, 0.1) is 0 Å². The van der Waals surface area contributed by atoms with Crippen LogP contribution in [0.15, 0.2) is 53.1 Å². The average Bonchev–Trinajstić information content (AvgIpc) is 2.44. The van der Waals surface area contributed by atoms with Crippen LogP contribution < -0.4 is 0 Å². The molecule has 3 nitrogen and oxygen atoms in total. The fraction of sp³-hybridized carbons (Fsp3) is 0.200. The number of hydrogen-bond donors (Lipinski definition) is 0. The molecule has 0 unspecified atom stereocenters. The summed E-state index contributed by atoms with van der Waals surface area (Å²) in [5, 5.41) is 0. The zero-order valence-electron chi connectivity index (χ0n) is 10.3. The van der Waals surface area contributed by atoms with E-state index in [-0.39, 0.29) is 12.1 Å². The number of halogens is 1. The number of pyridine rings is 1. The van der Waals surface area contributed by atoms with Gasteiger partial charge >= 0.3 is 5.97 Å². The third-order valence-electron chi connectivity index (χ3n) is 3.55. The van der Waals surface area contributed by atoms with E-state index in [1.807, 2.05) is 55.5 Å². The van der Waals surface area contributed by atoms with Crippen LogP contribution in [0.5, 0.6) is 0 Å². The van der Waals surface area contributed by atoms with Crippen LogP contribution in [0.25, 0.3) is 0 Å². The highest BCUT2D eigenvalue weighted by atomic mass is 79.9. The van der Waals surface area contributed by atoms with Crippen molar-refractivity contribution in [2.45, 2.75) is 18.4 Å². The molecule has 0 radical (unpaired) electrons. The summed E-state index contributed by atoms with van der Waals surface area (Å²) in [4.78, 5) is 16.3. The minimum absolute atomic E-state index is 0.203. The van der Waals surface area contributed by atoms with Crippen LogP contribution in [-0.4, -0.2) is 11.0 Å². The third kappa shape index (κ3) is 1.87. The molecule has 1 aromatic carbocycles. The van der Waals surface area contributed by atoms with Crippen LogP contribution in [0.4, 0.5) is 0 Å². The second kappa shape index (κ2) is 4.46. The van der Waals surface area contributed by atoms with E-state index in [0.29, 0.717) is 0 Å². The van der Waals surface area contributed by atoms with Gasteiger partial charge in [-0.25, -0.2) is 4.98 Å². The molecule has 1 saturated heterocycles. The molecule has 19 heavy (non-hydrogen) atoms. The number of nitrogens with zero attached hydrogens (tertiary/aromatic N) is 1. The van der Waals surface area contributed by atoms with Gasteiger partial charge in [-0.05, 0) is 40.5 Å². The molecule has 1 aliphatic heterocycles. The lowest BCUT2D eigenvalue weighted by atomic mass is 9.72. The van der Waals surface area contributed by atoms with Crippen LogP contribution in [-0.2, 0) is 14.9 Å². The maximum atomic E-state index is 12.0. The largest absolute Gasteiger partial charge is 0.453 e. The minimum atomic E-state index is -0.658. The molecule has 0 bridgehead atoms. The van der Waals surface area contributed by atoms with Gasteiger partial charge in [-0.3, -0.25) is 4.79 Å². The van der Waals surface area contributed by atoms with E-state index in [9.17, 15) is 4.79 Å². The Morgan fingerprint density at radius 1 is 1.16 bits per heavy atom. The molecule has 0 saturated carbocycles. The number of aromatic nitrogens is 1. The van der Waals surface area contributed by atoms with Crippen molar-refractivity contribution in [1.29, 1.82) is 0 Å². The zero-order valence-corrected chi connectivity index (χ0v) is 11.9. The average molecular weight is 318 g/mol. The Labute approximate surface area is 119 Å². The van der Waals surface area contributed by atoms with E-state index < -0.39 is 5.41 Å². The van der Waals surface area contributed by atoms with Gasteiger partial charge in [-0.1, -0.05) is 36.4 Å². The van der Waals surface area contributed by atoms with Gasteiger partial charge in [0.1, 0.15) is 10.0 Å². The molecule has 96 valence electrons. The highest BCUT2D eigenvalue weighted by Gasteiger charge is 2.57. The lowest BCUT2D eigenvalue weighted by molar-refractivity contribution is -0.191. The summed E-state index contributed by atoms with van der Waals surface area (Å²) in [6.07, 6.45) is -0.333. The first-order valence-electron chi connectivity index (χ1n) is 6.01. The molecule has 1 aromatic heterocycles. The molecule has 0 amide bonds. The van der Waals surface area contributed by atoms with Crippen molar-refractivity contribution < 1.29 is 9.53 Å². The minimum Gasteiger partial charge on any atom is -0.453 e. The monoisotopic (exact) mass is 317 g/mol. The first-order chi connectivity index (χ1) is 9.12. The lowest BCUT2D eigenvalue weighted by Gasteiger charge is -2.44. The van der Waals surface area contributed by atoms with Crippen LogP contribution in [0.3, 0.4) is 0 Å². The predicted molar refractivity (Wildman–Crippen MR) is 74.6 cm³/mol. The summed E-state index contributed by atoms with van der Waals surface area (Å²) >= 11 is 3.34. The predicted octanol–water partition coefficient (Wildman–Crippen LogP) is 3.40. The molecule has 3 rings (SSSR count). The summed E-state index contributed by atoms with van der Waals surface area (Å²) in [6.45, 7) is 1.90. The SMILES string of the molecule is C[C@@]1(c2ccccc2)C(=O)O[C@H]1c1cccc(Br)n1. The van der Waals surface area contributed by atoms with Gasteiger partial charge in [-0.15, -0.1) is 0 Å². The number of benzene rings is 1. The Kier molecular flexibility index (Phi) is 2.90. The molecule has 1 aliphatic rings. The number of esters is 1. The Morgan fingerprint density at radius 2 is 1.89 bits per heavy atom. The molecular formula is C15H12BrNO2. The molecule has 2 atom stereocenters. The van der Waals surface area contributed by atoms with Crippen LogP contribution in [0.2, 0.25) is 0 Å². The third-order valence-corrected chi connectivity index (χ3v) is 3.99. The number of rotatable bonds is 2. The second-order valence-corrected chi connectivity index (χ2v) is 5.55. The van der Waals surface area contributed by atoms with Crippen LogP contribution in [0.1, 0.15) is 24.3 Å². The van der Waals surface area contributed by atoms with Crippen molar-refractivity contribution in [1.82, 2.24) is 4.98 Å². The smallest absolute Gasteiger partial charge is 0.321 e. The van der Waals surface area contributed by atoms with E-state index in [1.165, 1.54) is 0 Å². The highest BCUT2D eigenvalue weighted by Crippen LogP contribution is 2.48. The zero-order chi connectivity index (χ0) is 13.5. The molecule has 4 heteroatoms. The Bertz CT molecular complexity index is 629. The summed E-state index contributed by atoms with van der Waals surface area (Å²) in [5.41, 5.74) is 1.06. The topological polar surface area (TPSA) is 39.2 Å². The molecule has 0 N–H and O–H groups in total. The quantitative estimate of drug-likeness (QED) is 0.629. The first-order valence-corrected chi connectivity index (χ1v) is 6.81. The van der Waals surface area contributed by atoms with E-state index in [4.69, 9.17) is 4.74 Å². The van der Waals surface area contributed by atoms with Gasteiger partial charge in [-0.2, -0.15) is 0 Å². The fourth-order valence-corrected chi connectivity index (χ4v) is 2.73. The molecule has 2 aromatic rings. The van der Waals surface area contributed by atoms with Gasteiger partial charge in [0.2, 0.25) is 0 Å². The van der Waals surface area contributed by atoms with Gasteiger partial charge in [0.15, 0.2) is 6.10 Å². The summed E-state index contributed by atoms with van der Waals surface area (Å²) in [6, 6.07) is 15.3. The van der Waals surface area contributed by atoms with Crippen LogP contribution >= 0.6 is 15.9 Å². The van der Waals surface area contributed by atoms with Gasteiger partial charge in [0, 0.05) is 0 Å². The lowest BCUT2D eigenvalue weighted by Crippen LogP contribution is -2.52. The van der Waals surface area contributed by atoms with Crippen molar-refractivity contribution in [2.75, 3.05) is 0 Å². The van der Waals surface area contributed by atoms with E-state index in [0.717, 1.165) is 15.9 Å². The first kappa shape index (κ1) is 12.4. The molecular weight excluding hydrogens is 306 g/mol. The second-order valence-electron chi connectivity index (χ2n) is 4.74. The summed E-state index contributed by atoms with van der Waals surface area (Å²) < 4.78 is 6.07. The number of hydrogen-bond acceptors (Lipinski definition) is 3. The van der Waals surface area contributed by atoms with E-state index in [1.54, 1.807) is 0 Å². The Morgan fingerprint density at radius 3 is 2.53 bits per heavy atom. The normalized spacial score (nSPS) is 25.6. The van der Waals surface area contributed by atoms with Gasteiger partial charge in [0.05, 0.1) is 5.69 Å². The van der Waals surface area contributed by atoms with E-state index >= 15 is 0 Å². The fourth-order valence-electron chi connectivity index (χ4n) is 2.38. The van der Waals surface area contributed by atoms with Crippen molar-refractivity contribution in [3.8, 4) is 0 Å². The van der Waals surface area contributed by atoms with E-state index in [2.05, 4.69) is 20.9 Å². The Balaban J connectivity index is 2.03. The van der Waals surface area contributed by atoms with Crippen molar-refractivity contribution in [2.24, 2.45) is 0 Å². The summed E-state index contributed by atoms with van der Waals surface area (Å²) in [7, 11) is 0. The number of carbonyl (C=O) groups is 1. The van der Waals surface area contributed by atoms with Gasteiger partial charge < -0.3 is 4.74 Å². The Hall–Kier alpha value is -1.68. The number of cyclic esters (lactones) is 1. The molecule has 2 heterocycles. The molecule has 1 fully saturated rings.